The molecule has 0 saturated carbocycles. The molecule has 0 saturated heterocycles. The van der Waals surface area contributed by atoms with Crippen LogP contribution >= 0.6 is 0 Å². The third kappa shape index (κ3) is 4.18. The molecular weight excluding hydrogens is 368 g/mol. The van der Waals surface area contributed by atoms with Gasteiger partial charge in [-0.1, -0.05) is 43.1 Å². The standard InChI is InChI=1S/C22H26N4O3/c1-3-6-15-9-10-20-18(11-15)21(25-29-20)22(27)24-17-12-23-26(14-17)13-16-7-4-5-8-19(16)28-2/h4-5,7-8,12,14-15H,3,6,9-11,13H2,1-2H3,(H,24,27). The number of methoxy groups -OCH3 is 1. The summed E-state index contributed by atoms with van der Waals surface area (Å²) in [7, 11) is 1.65. The van der Waals surface area contributed by atoms with Crippen molar-refractivity contribution in [3.05, 3.63) is 59.2 Å². The average molecular weight is 394 g/mol. The van der Waals surface area contributed by atoms with Gasteiger partial charge in [0.25, 0.3) is 5.91 Å². The first kappa shape index (κ1) is 19.2. The van der Waals surface area contributed by atoms with E-state index in [1.807, 2.05) is 24.3 Å². The molecule has 1 atom stereocenters. The van der Waals surface area contributed by atoms with Crippen LogP contribution in [0.3, 0.4) is 0 Å². The van der Waals surface area contributed by atoms with Crippen molar-refractivity contribution in [3.63, 3.8) is 0 Å². The van der Waals surface area contributed by atoms with Crippen molar-refractivity contribution in [2.75, 3.05) is 12.4 Å². The summed E-state index contributed by atoms with van der Waals surface area (Å²) in [5.41, 5.74) is 3.01. The smallest absolute Gasteiger partial charge is 0.278 e. The van der Waals surface area contributed by atoms with Gasteiger partial charge in [0.05, 0.1) is 25.5 Å². The highest BCUT2D eigenvalue weighted by Crippen LogP contribution is 2.31. The zero-order valence-corrected chi connectivity index (χ0v) is 16.9. The van der Waals surface area contributed by atoms with Crippen molar-refractivity contribution in [2.24, 2.45) is 5.92 Å². The molecule has 1 N–H and O–H groups in total. The van der Waals surface area contributed by atoms with E-state index < -0.39 is 0 Å². The minimum atomic E-state index is -0.246. The van der Waals surface area contributed by atoms with Crippen molar-refractivity contribution in [2.45, 2.75) is 45.6 Å². The maximum Gasteiger partial charge on any atom is 0.278 e. The van der Waals surface area contributed by atoms with Crippen LogP contribution in [0.2, 0.25) is 0 Å². The Morgan fingerprint density at radius 2 is 2.24 bits per heavy atom. The number of carbonyl (C=O) groups is 1. The molecule has 1 amide bonds. The number of aromatic nitrogens is 3. The fourth-order valence-corrected chi connectivity index (χ4v) is 4.02. The van der Waals surface area contributed by atoms with E-state index in [2.05, 4.69) is 22.5 Å². The van der Waals surface area contributed by atoms with Crippen molar-refractivity contribution < 1.29 is 14.1 Å². The summed E-state index contributed by atoms with van der Waals surface area (Å²) in [5, 5.41) is 11.3. The highest BCUT2D eigenvalue weighted by Gasteiger charge is 2.28. The number of anilines is 1. The topological polar surface area (TPSA) is 82.2 Å². The van der Waals surface area contributed by atoms with Crippen LogP contribution in [-0.4, -0.2) is 28.0 Å². The van der Waals surface area contributed by atoms with E-state index in [-0.39, 0.29) is 5.91 Å². The molecule has 1 aromatic carbocycles. The highest BCUT2D eigenvalue weighted by molar-refractivity contribution is 6.03. The van der Waals surface area contributed by atoms with Crippen LogP contribution in [0.15, 0.2) is 41.2 Å². The van der Waals surface area contributed by atoms with Gasteiger partial charge in [0.15, 0.2) is 5.69 Å². The summed E-state index contributed by atoms with van der Waals surface area (Å²) in [6.45, 7) is 2.75. The number of aryl methyl sites for hydroxylation is 1. The monoisotopic (exact) mass is 394 g/mol. The zero-order valence-electron chi connectivity index (χ0n) is 16.9. The molecule has 0 bridgehead atoms. The third-order valence-corrected chi connectivity index (χ3v) is 5.47. The van der Waals surface area contributed by atoms with Gasteiger partial charge in [0.2, 0.25) is 0 Å². The average Bonchev–Trinajstić information content (AvgIpc) is 3.35. The van der Waals surface area contributed by atoms with Gasteiger partial charge >= 0.3 is 0 Å². The Kier molecular flexibility index (Phi) is 5.64. The van der Waals surface area contributed by atoms with Crippen LogP contribution in [0.25, 0.3) is 0 Å². The Labute approximate surface area is 170 Å². The van der Waals surface area contributed by atoms with E-state index in [0.29, 0.717) is 23.8 Å². The third-order valence-electron chi connectivity index (χ3n) is 5.47. The van der Waals surface area contributed by atoms with Gasteiger partial charge in [-0.15, -0.1) is 0 Å². The van der Waals surface area contributed by atoms with Crippen molar-refractivity contribution >= 4 is 11.6 Å². The molecule has 0 fully saturated rings. The van der Waals surface area contributed by atoms with Crippen LogP contribution in [-0.2, 0) is 19.4 Å². The quantitative estimate of drug-likeness (QED) is 0.653. The van der Waals surface area contributed by atoms with Crippen molar-refractivity contribution in [1.29, 1.82) is 0 Å². The summed E-state index contributed by atoms with van der Waals surface area (Å²) in [6, 6.07) is 7.80. The van der Waals surface area contributed by atoms with Gasteiger partial charge in [-0.05, 0) is 24.8 Å². The molecule has 0 radical (unpaired) electrons. The molecule has 152 valence electrons. The maximum absolute atomic E-state index is 12.8. The minimum absolute atomic E-state index is 0.246. The number of carbonyl (C=O) groups excluding carboxylic acids is 1. The Morgan fingerprint density at radius 3 is 3.07 bits per heavy atom. The molecule has 4 rings (SSSR count). The zero-order chi connectivity index (χ0) is 20.2. The molecule has 7 heteroatoms. The van der Waals surface area contributed by atoms with Crippen LogP contribution in [0.1, 0.15) is 53.6 Å². The first-order chi connectivity index (χ1) is 14.2. The predicted molar refractivity (Wildman–Crippen MR) is 109 cm³/mol. The van der Waals surface area contributed by atoms with Crippen LogP contribution < -0.4 is 10.1 Å². The van der Waals surface area contributed by atoms with Crippen molar-refractivity contribution in [3.8, 4) is 5.75 Å². The lowest BCUT2D eigenvalue weighted by molar-refractivity contribution is 0.101. The number of fused-ring (bicyclic) bond motifs is 1. The van der Waals surface area contributed by atoms with E-state index in [1.165, 1.54) is 6.42 Å². The summed E-state index contributed by atoms with van der Waals surface area (Å²) in [5.74, 6) is 2.02. The fraction of sp³-hybridized carbons (Fsp3) is 0.409. The summed E-state index contributed by atoms with van der Waals surface area (Å²) < 4.78 is 12.6. The first-order valence-electron chi connectivity index (χ1n) is 10.1. The molecular formula is C22H26N4O3. The molecule has 0 aliphatic heterocycles. The molecule has 7 nitrogen and oxygen atoms in total. The second-order valence-electron chi connectivity index (χ2n) is 7.52. The largest absolute Gasteiger partial charge is 0.496 e. The second kappa shape index (κ2) is 8.51. The van der Waals surface area contributed by atoms with Gasteiger partial charge in [0.1, 0.15) is 11.5 Å². The number of hydrogen-bond acceptors (Lipinski definition) is 5. The number of nitrogens with one attached hydrogen (secondary N) is 1. The van der Waals surface area contributed by atoms with Crippen LogP contribution in [0.5, 0.6) is 5.75 Å². The summed E-state index contributed by atoms with van der Waals surface area (Å²) in [6.07, 6.45) is 8.59. The SMILES string of the molecule is CCCC1CCc2onc(C(=O)Nc3cnn(Cc4ccccc4OC)c3)c2C1. The van der Waals surface area contributed by atoms with Gasteiger partial charge in [0, 0.05) is 23.7 Å². The second-order valence-corrected chi connectivity index (χ2v) is 7.52. The van der Waals surface area contributed by atoms with Crippen LogP contribution in [0.4, 0.5) is 5.69 Å². The molecule has 1 aliphatic carbocycles. The molecule has 29 heavy (non-hydrogen) atoms. The van der Waals surface area contributed by atoms with Gasteiger partial charge in [-0.2, -0.15) is 5.10 Å². The Morgan fingerprint density at radius 1 is 1.38 bits per heavy atom. The molecule has 3 aromatic rings. The lowest BCUT2D eigenvalue weighted by Crippen LogP contribution is -2.18. The van der Waals surface area contributed by atoms with Gasteiger partial charge in [-0.3, -0.25) is 9.48 Å². The van der Waals surface area contributed by atoms with E-state index in [0.717, 1.165) is 48.3 Å². The molecule has 0 spiro atoms. The molecule has 1 aliphatic rings. The number of nitrogens with zero attached hydrogens (tertiary/aromatic N) is 3. The Hall–Kier alpha value is -3.09. The minimum Gasteiger partial charge on any atom is -0.496 e. The Bertz CT molecular complexity index is 992. The van der Waals surface area contributed by atoms with Gasteiger partial charge in [-0.25, -0.2) is 0 Å². The molecule has 2 heterocycles. The number of rotatable bonds is 7. The highest BCUT2D eigenvalue weighted by atomic mass is 16.5. The number of para-hydroxylation sites is 1. The lowest BCUT2D eigenvalue weighted by atomic mass is 9.84. The number of benzene rings is 1. The van der Waals surface area contributed by atoms with E-state index in [1.54, 1.807) is 24.2 Å². The fourth-order valence-electron chi connectivity index (χ4n) is 4.02. The summed E-state index contributed by atoms with van der Waals surface area (Å²) in [4.78, 5) is 12.8. The maximum atomic E-state index is 12.8. The summed E-state index contributed by atoms with van der Waals surface area (Å²) >= 11 is 0. The normalized spacial score (nSPS) is 15.7. The van der Waals surface area contributed by atoms with E-state index >= 15 is 0 Å². The van der Waals surface area contributed by atoms with Crippen molar-refractivity contribution in [1.82, 2.24) is 14.9 Å². The lowest BCUT2D eigenvalue weighted by Gasteiger charge is -2.20. The predicted octanol–water partition coefficient (Wildman–Crippen LogP) is 4.09. The Balaban J connectivity index is 1.45. The molecule has 1 unspecified atom stereocenters. The van der Waals surface area contributed by atoms with Gasteiger partial charge < -0.3 is 14.6 Å². The van der Waals surface area contributed by atoms with E-state index in [4.69, 9.17) is 9.26 Å². The van der Waals surface area contributed by atoms with Crippen LogP contribution in [0, 0.1) is 5.92 Å². The molecule has 2 aromatic heterocycles. The number of hydrogen-bond donors (Lipinski definition) is 1. The first-order valence-corrected chi connectivity index (χ1v) is 10.1. The number of ether oxygens (including phenoxy) is 1. The van der Waals surface area contributed by atoms with E-state index in [9.17, 15) is 4.79 Å². The number of amides is 1.